The number of amides is 1. The molecule has 1 amide bonds. The fourth-order valence-electron chi connectivity index (χ4n) is 1.84. The van der Waals surface area contributed by atoms with Crippen LogP contribution in [0.3, 0.4) is 0 Å². The van der Waals surface area contributed by atoms with Crippen LogP contribution in [-0.2, 0) is 0 Å². The number of hydrogen-bond donors (Lipinski definition) is 1. The monoisotopic (exact) mass is 334 g/mol. The van der Waals surface area contributed by atoms with Crippen molar-refractivity contribution in [3.63, 3.8) is 0 Å². The number of halogens is 2. The second-order valence-corrected chi connectivity index (χ2v) is 6.85. The SMILES string of the molecule is O=C(NCC1CSCCS1)c1c(F)ccc([N+](=O)[O-])c1F. The molecule has 114 valence electrons. The van der Waals surface area contributed by atoms with Crippen LogP contribution in [0.5, 0.6) is 0 Å². The van der Waals surface area contributed by atoms with Crippen LogP contribution >= 0.6 is 23.5 Å². The lowest BCUT2D eigenvalue weighted by molar-refractivity contribution is -0.387. The number of carbonyl (C=O) groups excluding carboxylic acids is 1. The zero-order chi connectivity index (χ0) is 15.4. The summed E-state index contributed by atoms with van der Waals surface area (Å²) in [4.78, 5) is 21.5. The maximum Gasteiger partial charge on any atom is 0.305 e. The van der Waals surface area contributed by atoms with E-state index in [0.717, 1.165) is 23.3 Å². The Kier molecular flexibility index (Phi) is 5.40. The molecule has 1 heterocycles. The van der Waals surface area contributed by atoms with E-state index in [4.69, 9.17) is 0 Å². The molecule has 1 aliphatic heterocycles. The van der Waals surface area contributed by atoms with Crippen LogP contribution in [-0.4, -0.2) is 39.9 Å². The predicted molar refractivity (Wildman–Crippen MR) is 78.9 cm³/mol. The van der Waals surface area contributed by atoms with E-state index in [1.54, 1.807) is 23.5 Å². The van der Waals surface area contributed by atoms with Gasteiger partial charge in [-0.25, -0.2) is 4.39 Å². The Balaban J connectivity index is 2.11. The molecule has 1 aromatic rings. The minimum atomic E-state index is -1.44. The van der Waals surface area contributed by atoms with E-state index in [-0.39, 0.29) is 11.8 Å². The molecule has 0 aromatic heterocycles. The summed E-state index contributed by atoms with van der Waals surface area (Å²) in [5, 5.41) is 13.2. The first kappa shape index (κ1) is 16.0. The first-order valence-corrected chi connectivity index (χ1v) is 8.31. The Labute approximate surface area is 128 Å². The molecular weight excluding hydrogens is 322 g/mol. The Bertz CT molecular complexity index is 566. The molecule has 0 saturated carbocycles. The van der Waals surface area contributed by atoms with Gasteiger partial charge in [0, 0.05) is 35.1 Å². The minimum Gasteiger partial charge on any atom is -0.351 e. The van der Waals surface area contributed by atoms with Crippen LogP contribution in [0.4, 0.5) is 14.5 Å². The van der Waals surface area contributed by atoms with Gasteiger partial charge < -0.3 is 5.32 Å². The third-order valence-corrected chi connectivity index (χ3v) is 5.71. The maximum atomic E-state index is 13.8. The number of nitro groups is 1. The summed E-state index contributed by atoms with van der Waals surface area (Å²) in [5.74, 6) is -0.659. The van der Waals surface area contributed by atoms with Gasteiger partial charge in [-0.2, -0.15) is 27.9 Å². The standard InChI is InChI=1S/C12H12F2N2O3S2/c13-8-1-2-9(16(18)19)11(14)10(8)12(17)15-5-7-6-20-3-4-21-7/h1-2,7H,3-6H2,(H,15,17). The lowest BCUT2D eigenvalue weighted by Crippen LogP contribution is -2.34. The van der Waals surface area contributed by atoms with Gasteiger partial charge in [0.2, 0.25) is 5.82 Å². The van der Waals surface area contributed by atoms with Crippen molar-refractivity contribution >= 4 is 35.1 Å². The van der Waals surface area contributed by atoms with Crippen molar-refractivity contribution in [2.45, 2.75) is 5.25 Å². The molecule has 1 fully saturated rings. The molecule has 0 bridgehead atoms. The molecule has 21 heavy (non-hydrogen) atoms. The van der Waals surface area contributed by atoms with Gasteiger partial charge in [0.25, 0.3) is 5.91 Å². The smallest absolute Gasteiger partial charge is 0.305 e. The highest BCUT2D eigenvalue weighted by atomic mass is 32.2. The van der Waals surface area contributed by atoms with E-state index in [1.165, 1.54) is 0 Å². The average molecular weight is 334 g/mol. The summed E-state index contributed by atoms with van der Waals surface area (Å²) in [6, 6.07) is 1.43. The van der Waals surface area contributed by atoms with Crippen LogP contribution in [0.15, 0.2) is 12.1 Å². The summed E-state index contributed by atoms with van der Waals surface area (Å²) in [5.41, 5.74) is -1.82. The number of thioether (sulfide) groups is 2. The molecule has 1 unspecified atom stereocenters. The highest BCUT2D eigenvalue weighted by Gasteiger charge is 2.26. The summed E-state index contributed by atoms with van der Waals surface area (Å²) in [6.07, 6.45) is 0. The first-order valence-electron chi connectivity index (χ1n) is 6.10. The van der Waals surface area contributed by atoms with Crippen molar-refractivity contribution < 1.29 is 18.5 Å². The number of hydrogen-bond acceptors (Lipinski definition) is 5. The van der Waals surface area contributed by atoms with Crippen LogP contribution < -0.4 is 5.32 Å². The lowest BCUT2D eigenvalue weighted by atomic mass is 10.1. The Hall–Kier alpha value is -1.35. The highest BCUT2D eigenvalue weighted by molar-refractivity contribution is 8.06. The van der Waals surface area contributed by atoms with Crippen molar-refractivity contribution in [1.29, 1.82) is 0 Å². The van der Waals surface area contributed by atoms with E-state index in [0.29, 0.717) is 6.07 Å². The largest absolute Gasteiger partial charge is 0.351 e. The normalized spacial score (nSPS) is 18.3. The Morgan fingerprint density at radius 1 is 1.43 bits per heavy atom. The highest BCUT2D eigenvalue weighted by Crippen LogP contribution is 2.25. The summed E-state index contributed by atoms with van der Waals surface area (Å²) in [6.45, 7) is 0.276. The Morgan fingerprint density at radius 3 is 2.81 bits per heavy atom. The topological polar surface area (TPSA) is 72.2 Å². The molecule has 0 spiro atoms. The van der Waals surface area contributed by atoms with Gasteiger partial charge in [-0.3, -0.25) is 14.9 Å². The molecule has 1 N–H and O–H groups in total. The number of nitro benzene ring substituents is 1. The molecule has 2 rings (SSSR count). The van der Waals surface area contributed by atoms with Gasteiger partial charge in [0.15, 0.2) is 0 Å². The van der Waals surface area contributed by atoms with E-state index < -0.39 is 33.7 Å². The summed E-state index contributed by atoms with van der Waals surface area (Å²) >= 11 is 3.44. The van der Waals surface area contributed by atoms with Crippen LogP contribution in [0, 0.1) is 21.7 Å². The van der Waals surface area contributed by atoms with Crippen LogP contribution in [0.2, 0.25) is 0 Å². The zero-order valence-electron chi connectivity index (χ0n) is 10.8. The van der Waals surface area contributed by atoms with Gasteiger partial charge in [0.05, 0.1) is 4.92 Å². The molecule has 0 radical (unpaired) electrons. The van der Waals surface area contributed by atoms with E-state index >= 15 is 0 Å². The molecule has 0 aliphatic carbocycles. The molecule has 1 atom stereocenters. The number of nitrogens with one attached hydrogen (secondary N) is 1. The maximum absolute atomic E-state index is 13.8. The molecule has 9 heteroatoms. The van der Waals surface area contributed by atoms with Gasteiger partial charge in [-0.05, 0) is 6.07 Å². The molecule has 1 aromatic carbocycles. The van der Waals surface area contributed by atoms with E-state index in [2.05, 4.69) is 5.32 Å². The minimum absolute atomic E-state index is 0.178. The zero-order valence-corrected chi connectivity index (χ0v) is 12.4. The molecule has 1 saturated heterocycles. The number of carbonyl (C=O) groups is 1. The van der Waals surface area contributed by atoms with E-state index in [1.807, 2.05) is 0 Å². The number of rotatable bonds is 4. The number of nitrogens with zero attached hydrogens (tertiary/aromatic N) is 1. The van der Waals surface area contributed by atoms with Crippen molar-refractivity contribution in [3.8, 4) is 0 Å². The van der Waals surface area contributed by atoms with Crippen molar-refractivity contribution in [3.05, 3.63) is 39.4 Å². The van der Waals surface area contributed by atoms with Gasteiger partial charge >= 0.3 is 5.69 Å². The number of benzene rings is 1. The van der Waals surface area contributed by atoms with Crippen molar-refractivity contribution in [2.75, 3.05) is 23.8 Å². The van der Waals surface area contributed by atoms with Crippen LogP contribution in [0.25, 0.3) is 0 Å². The quantitative estimate of drug-likeness (QED) is 0.676. The van der Waals surface area contributed by atoms with Crippen LogP contribution in [0.1, 0.15) is 10.4 Å². The Morgan fingerprint density at radius 2 is 2.19 bits per heavy atom. The van der Waals surface area contributed by atoms with Crippen molar-refractivity contribution in [1.82, 2.24) is 5.32 Å². The second-order valence-electron chi connectivity index (χ2n) is 4.29. The lowest BCUT2D eigenvalue weighted by Gasteiger charge is -2.21. The third kappa shape index (κ3) is 3.85. The summed E-state index contributed by atoms with van der Waals surface area (Å²) < 4.78 is 27.4. The molecule has 1 aliphatic rings. The molecule has 5 nitrogen and oxygen atoms in total. The third-order valence-electron chi connectivity index (χ3n) is 2.87. The fraction of sp³-hybridized carbons (Fsp3) is 0.417. The van der Waals surface area contributed by atoms with Gasteiger partial charge in [0.1, 0.15) is 11.4 Å². The summed E-state index contributed by atoms with van der Waals surface area (Å²) in [7, 11) is 0. The molecular formula is C12H12F2N2O3S2. The first-order chi connectivity index (χ1) is 10.0. The predicted octanol–water partition coefficient (Wildman–Crippen LogP) is 2.45. The van der Waals surface area contributed by atoms with Crippen molar-refractivity contribution in [2.24, 2.45) is 0 Å². The van der Waals surface area contributed by atoms with E-state index in [9.17, 15) is 23.7 Å². The fourth-order valence-corrected chi connectivity index (χ4v) is 4.45. The van der Waals surface area contributed by atoms with Gasteiger partial charge in [-0.1, -0.05) is 0 Å². The second kappa shape index (κ2) is 7.08. The van der Waals surface area contributed by atoms with Gasteiger partial charge in [-0.15, -0.1) is 0 Å². The average Bonchev–Trinajstić information content (AvgIpc) is 2.46.